The average Bonchev–Trinajstić information content (AvgIpc) is 2.44. The van der Waals surface area contributed by atoms with Crippen LogP contribution >= 0.6 is 0 Å². The smallest absolute Gasteiger partial charge is 0.244 e. The molecular weight excluding hydrogens is 282 g/mol. The monoisotopic (exact) mass is 301 g/mol. The van der Waals surface area contributed by atoms with Crippen molar-refractivity contribution >= 4 is 21.7 Å². The first-order valence-corrected chi connectivity index (χ1v) is 7.67. The number of pyridine rings is 1. The fourth-order valence-corrected chi connectivity index (χ4v) is 2.60. The maximum absolute atomic E-state index is 12.0. The zero-order valence-corrected chi connectivity index (χ0v) is 12.0. The summed E-state index contributed by atoms with van der Waals surface area (Å²) in [6.45, 7) is 2.53. The number of hydrogen-bond acceptors (Lipinski definition) is 6. The van der Waals surface area contributed by atoms with Gasteiger partial charge in [-0.1, -0.05) is 6.92 Å². The Morgan fingerprint density at radius 2 is 2.15 bits per heavy atom. The number of nitrogen functional groups attached to an aromatic ring is 1. The van der Waals surface area contributed by atoms with Crippen LogP contribution in [0.3, 0.4) is 0 Å². The number of amides is 1. The van der Waals surface area contributed by atoms with Crippen LogP contribution in [0.15, 0.2) is 23.2 Å². The molecule has 0 spiro atoms. The highest BCUT2D eigenvalue weighted by molar-refractivity contribution is 7.89. The minimum absolute atomic E-state index is 0.0107. The molecule has 0 unspecified atom stereocenters. The van der Waals surface area contributed by atoms with Gasteiger partial charge in [-0.05, 0) is 18.6 Å². The van der Waals surface area contributed by atoms with Gasteiger partial charge in [-0.3, -0.25) is 4.79 Å². The highest BCUT2D eigenvalue weighted by atomic mass is 32.2. The molecule has 0 fully saturated rings. The van der Waals surface area contributed by atoms with E-state index in [1.807, 2.05) is 6.92 Å². The first-order chi connectivity index (χ1) is 9.51. The van der Waals surface area contributed by atoms with Crippen molar-refractivity contribution in [1.29, 1.82) is 0 Å². The second-order valence-corrected chi connectivity index (χ2v) is 5.73. The maximum atomic E-state index is 12.0. The van der Waals surface area contributed by atoms with Gasteiger partial charge in [-0.25, -0.2) is 24.0 Å². The van der Waals surface area contributed by atoms with Crippen LogP contribution < -0.4 is 21.3 Å². The molecule has 1 rings (SSSR count). The third kappa shape index (κ3) is 4.76. The molecule has 0 saturated heterocycles. The van der Waals surface area contributed by atoms with Gasteiger partial charge >= 0.3 is 0 Å². The summed E-state index contributed by atoms with van der Waals surface area (Å²) in [6.07, 6.45) is 2.33. The molecule has 20 heavy (non-hydrogen) atoms. The lowest BCUT2D eigenvalue weighted by atomic mass is 10.4. The second kappa shape index (κ2) is 7.78. The fraction of sp³-hybridized carbons (Fsp3) is 0.455. The molecule has 0 saturated carbocycles. The Kier molecular flexibility index (Phi) is 6.36. The number of hydrogen-bond donors (Lipinski definition) is 4. The van der Waals surface area contributed by atoms with Gasteiger partial charge in [0.2, 0.25) is 15.9 Å². The topological polar surface area (TPSA) is 126 Å². The Morgan fingerprint density at radius 1 is 1.40 bits per heavy atom. The third-order valence-corrected chi connectivity index (χ3v) is 3.91. The van der Waals surface area contributed by atoms with E-state index in [9.17, 15) is 13.2 Å². The van der Waals surface area contributed by atoms with Crippen molar-refractivity contribution in [3.05, 3.63) is 18.3 Å². The SMILES string of the molecule is CCCNC(=O)CCNS(=O)(=O)c1cccnc1NN. The van der Waals surface area contributed by atoms with Crippen molar-refractivity contribution in [3.8, 4) is 0 Å². The van der Waals surface area contributed by atoms with Crippen LogP contribution in [0.4, 0.5) is 5.82 Å². The van der Waals surface area contributed by atoms with Crippen LogP contribution in [-0.4, -0.2) is 32.4 Å². The van der Waals surface area contributed by atoms with E-state index in [1.165, 1.54) is 18.3 Å². The van der Waals surface area contributed by atoms with Crippen molar-refractivity contribution in [3.63, 3.8) is 0 Å². The molecule has 0 atom stereocenters. The molecule has 0 radical (unpaired) electrons. The number of carbonyl (C=O) groups excluding carboxylic acids is 1. The summed E-state index contributed by atoms with van der Waals surface area (Å²) in [5.74, 6) is 5.07. The number of sulfonamides is 1. The standard InChI is InChI=1S/C11H19N5O3S/c1-2-6-13-10(17)5-8-15-20(18,19)9-4-3-7-14-11(9)16-12/h3-4,7,15H,2,5-6,8,12H2,1H3,(H,13,17)(H,14,16). The number of nitrogens with zero attached hydrogens (tertiary/aromatic N) is 1. The highest BCUT2D eigenvalue weighted by Crippen LogP contribution is 2.16. The van der Waals surface area contributed by atoms with Crippen LogP contribution in [-0.2, 0) is 14.8 Å². The molecule has 1 aromatic heterocycles. The van der Waals surface area contributed by atoms with Gasteiger partial charge in [0, 0.05) is 25.7 Å². The average molecular weight is 301 g/mol. The number of nitrogens with two attached hydrogens (primary N) is 1. The third-order valence-electron chi connectivity index (χ3n) is 2.41. The lowest BCUT2D eigenvalue weighted by Gasteiger charge is -2.10. The molecule has 9 heteroatoms. The summed E-state index contributed by atoms with van der Waals surface area (Å²) >= 11 is 0. The number of anilines is 1. The molecule has 1 heterocycles. The zero-order valence-electron chi connectivity index (χ0n) is 11.2. The summed E-state index contributed by atoms with van der Waals surface area (Å²) in [6, 6.07) is 2.87. The maximum Gasteiger partial charge on any atom is 0.244 e. The van der Waals surface area contributed by atoms with E-state index in [-0.39, 0.29) is 29.6 Å². The largest absolute Gasteiger partial charge is 0.356 e. The molecule has 0 aromatic carbocycles. The van der Waals surface area contributed by atoms with Gasteiger partial charge in [-0.2, -0.15) is 0 Å². The summed E-state index contributed by atoms with van der Waals surface area (Å²) in [5, 5.41) is 2.66. The number of hydrazine groups is 1. The summed E-state index contributed by atoms with van der Waals surface area (Å²) in [5.41, 5.74) is 2.22. The van der Waals surface area contributed by atoms with E-state index < -0.39 is 10.0 Å². The second-order valence-electron chi connectivity index (χ2n) is 3.99. The number of aromatic nitrogens is 1. The molecule has 5 N–H and O–H groups in total. The lowest BCUT2D eigenvalue weighted by Crippen LogP contribution is -2.31. The van der Waals surface area contributed by atoms with Crippen molar-refractivity contribution in [1.82, 2.24) is 15.0 Å². The molecule has 0 aliphatic rings. The van der Waals surface area contributed by atoms with Gasteiger partial charge in [0.15, 0.2) is 5.82 Å². The number of nitrogens with one attached hydrogen (secondary N) is 3. The molecule has 1 aromatic rings. The lowest BCUT2D eigenvalue weighted by molar-refractivity contribution is -0.120. The van der Waals surface area contributed by atoms with Gasteiger partial charge in [0.05, 0.1) is 0 Å². The van der Waals surface area contributed by atoms with Gasteiger partial charge in [0.1, 0.15) is 4.90 Å². The van der Waals surface area contributed by atoms with E-state index in [2.05, 4.69) is 20.4 Å². The molecule has 0 bridgehead atoms. The predicted octanol–water partition coefficient (Wildman–Crippen LogP) is -0.438. The molecule has 112 valence electrons. The van der Waals surface area contributed by atoms with E-state index in [1.54, 1.807) is 0 Å². The number of carbonyl (C=O) groups is 1. The van der Waals surface area contributed by atoms with E-state index in [0.29, 0.717) is 6.54 Å². The molecule has 0 aliphatic carbocycles. The Labute approximate surface area is 118 Å². The van der Waals surface area contributed by atoms with Crippen LogP contribution in [0.2, 0.25) is 0 Å². The van der Waals surface area contributed by atoms with Crippen LogP contribution in [0, 0.1) is 0 Å². The van der Waals surface area contributed by atoms with Crippen LogP contribution in [0.25, 0.3) is 0 Å². The Bertz CT molecular complexity index is 547. The predicted molar refractivity (Wildman–Crippen MR) is 75.2 cm³/mol. The quantitative estimate of drug-likeness (QED) is 0.381. The van der Waals surface area contributed by atoms with Crippen molar-refractivity contribution in [2.24, 2.45) is 5.84 Å². The van der Waals surface area contributed by atoms with E-state index in [4.69, 9.17) is 5.84 Å². The Hall–Kier alpha value is -1.71. The molecule has 8 nitrogen and oxygen atoms in total. The summed E-state index contributed by atoms with van der Waals surface area (Å²) in [4.78, 5) is 15.1. The summed E-state index contributed by atoms with van der Waals surface area (Å²) < 4.78 is 26.4. The fourth-order valence-electron chi connectivity index (χ4n) is 1.45. The summed E-state index contributed by atoms with van der Waals surface area (Å²) in [7, 11) is -3.75. The molecule has 1 amide bonds. The Balaban J connectivity index is 2.60. The van der Waals surface area contributed by atoms with Gasteiger partial charge in [-0.15, -0.1) is 0 Å². The van der Waals surface area contributed by atoms with Crippen molar-refractivity contribution < 1.29 is 13.2 Å². The molecular formula is C11H19N5O3S. The minimum Gasteiger partial charge on any atom is -0.356 e. The van der Waals surface area contributed by atoms with Crippen molar-refractivity contribution in [2.45, 2.75) is 24.7 Å². The van der Waals surface area contributed by atoms with Crippen LogP contribution in [0.1, 0.15) is 19.8 Å². The first-order valence-electron chi connectivity index (χ1n) is 6.19. The number of rotatable bonds is 8. The van der Waals surface area contributed by atoms with E-state index in [0.717, 1.165) is 6.42 Å². The van der Waals surface area contributed by atoms with E-state index >= 15 is 0 Å². The van der Waals surface area contributed by atoms with Crippen molar-refractivity contribution in [2.75, 3.05) is 18.5 Å². The normalized spacial score (nSPS) is 11.1. The van der Waals surface area contributed by atoms with Crippen LogP contribution in [0.5, 0.6) is 0 Å². The Morgan fingerprint density at radius 3 is 2.80 bits per heavy atom. The first kappa shape index (κ1) is 16.3. The van der Waals surface area contributed by atoms with Gasteiger partial charge in [0.25, 0.3) is 0 Å². The highest BCUT2D eigenvalue weighted by Gasteiger charge is 2.18. The zero-order chi connectivity index (χ0) is 15.0. The minimum atomic E-state index is -3.75. The van der Waals surface area contributed by atoms with Gasteiger partial charge < -0.3 is 10.7 Å². The molecule has 0 aliphatic heterocycles.